The fourth-order valence-electron chi connectivity index (χ4n) is 2.63. The van der Waals surface area contributed by atoms with Crippen molar-refractivity contribution in [2.45, 2.75) is 24.7 Å². The van der Waals surface area contributed by atoms with Crippen LogP contribution in [0.15, 0.2) is 40.0 Å². The summed E-state index contributed by atoms with van der Waals surface area (Å²) in [5.41, 5.74) is 0.311. The number of nitrogens with zero attached hydrogens (tertiary/aromatic N) is 3. The Morgan fingerprint density at radius 2 is 1.92 bits per heavy atom. The van der Waals surface area contributed by atoms with Gasteiger partial charge in [-0.15, -0.1) is 0 Å². The van der Waals surface area contributed by atoms with Crippen LogP contribution in [-0.4, -0.2) is 38.1 Å². The Hall–Kier alpha value is -1.87. The molecule has 0 aliphatic carbocycles. The summed E-state index contributed by atoms with van der Waals surface area (Å²) in [6.45, 7) is 4.04. The number of nitrogens with one attached hydrogen (secondary N) is 1. The van der Waals surface area contributed by atoms with Gasteiger partial charge in [0.25, 0.3) is 10.0 Å². The van der Waals surface area contributed by atoms with Crippen molar-refractivity contribution in [2.75, 3.05) is 29.3 Å². The predicted octanol–water partition coefficient (Wildman–Crippen LogP) is 3.04. The van der Waals surface area contributed by atoms with Crippen LogP contribution in [0, 0.1) is 0 Å². The second kappa shape index (κ2) is 7.57. The van der Waals surface area contributed by atoms with E-state index < -0.39 is 10.0 Å². The number of hydrogen-bond donors (Lipinski definition) is 1. The van der Waals surface area contributed by atoms with Crippen molar-refractivity contribution in [3.8, 4) is 5.75 Å². The molecule has 0 bridgehead atoms. The van der Waals surface area contributed by atoms with Crippen LogP contribution < -0.4 is 14.4 Å². The number of halogens is 1. The summed E-state index contributed by atoms with van der Waals surface area (Å²) >= 11 is 3.29. The van der Waals surface area contributed by atoms with Gasteiger partial charge in [0.15, 0.2) is 0 Å². The van der Waals surface area contributed by atoms with Crippen molar-refractivity contribution in [1.29, 1.82) is 0 Å². The molecule has 134 valence electrons. The zero-order valence-electron chi connectivity index (χ0n) is 13.8. The van der Waals surface area contributed by atoms with Gasteiger partial charge in [0.1, 0.15) is 10.6 Å². The maximum absolute atomic E-state index is 12.7. The Morgan fingerprint density at radius 1 is 1.24 bits per heavy atom. The Labute approximate surface area is 155 Å². The second-order valence-corrected chi connectivity index (χ2v) is 8.16. The highest BCUT2D eigenvalue weighted by Gasteiger charge is 2.21. The number of anilines is 2. The predicted molar refractivity (Wildman–Crippen MR) is 99.6 cm³/mol. The molecule has 2 heterocycles. The molecule has 9 heteroatoms. The van der Waals surface area contributed by atoms with E-state index >= 15 is 0 Å². The van der Waals surface area contributed by atoms with E-state index in [1.54, 1.807) is 19.1 Å². The summed E-state index contributed by atoms with van der Waals surface area (Å²) in [5.74, 6) is 0.922. The van der Waals surface area contributed by atoms with Crippen LogP contribution in [0.25, 0.3) is 0 Å². The lowest BCUT2D eigenvalue weighted by molar-refractivity contribution is 0.331. The molecule has 2 aromatic rings. The standard InChI is InChI=1S/C16H19BrN4O3S/c1-2-24-14-6-5-12(17)9-15(14)25(22,23)20-13-10-18-16(19-11-13)21-7-3-4-8-21/h5-6,9-11,20H,2-4,7-8H2,1H3. The normalized spacial score (nSPS) is 14.6. The molecule has 0 amide bonds. The Bertz CT molecular complexity index is 837. The first-order valence-electron chi connectivity index (χ1n) is 8.02. The lowest BCUT2D eigenvalue weighted by Crippen LogP contribution is -2.20. The number of aromatic nitrogens is 2. The number of rotatable bonds is 6. The summed E-state index contributed by atoms with van der Waals surface area (Å²) in [6.07, 6.45) is 5.22. The molecule has 25 heavy (non-hydrogen) atoms. The fraction of sp³-hybridized carbons (Fsp3) is 0.375. The average Bonchev–Trinajstić information content (AvgIpc) is 3.11. The summed E-state index contributed by atoms with van der Waals surface area (Å²) in [6, 6.07) is 4.86. The van der Waals surface area contributed by atoms with Crippen molar-refractivity contribution in [1.82, 2.24) is 9.97 Å². The maximum atomic E-state index is 12.7. The van der Waals surface area contributed by atoms with E-state index in [4.69, 9.17) is 4.74 Å². The molecule has 0 radical (unpaired) electrons. The minimum absolute atomic E-state index is 0.0624. The Kier molecular flexibility index (Phi) is 5.43. The maximum Gasteiger partial charge on any atom is 0.265 e. The molecule has 1 N–H and O–H groups in total. The van der Waals surface area contributed by atoms with E-state index in [1.165, 1.54) is 18.5 Å². The van der Waals surface area contributed by atoms with Crippen molar-refractivity contribution in [3.05, 3.63) is 35.1 Å². The average molecular weight is 427 g/mol. The molecule has 0 atom stereocenters. The van der Waals surface area contributed by atoms with E-state index in [2.05, 4.69) is 35.5 Å². The SMILES string of the molecule is CCOc1ccc(Br)cc1S(=O)(=O)Nc1cnc(N2CCCC2)nc1. The van der Waals surface area contributed by atoms with Crippen molar-refractivity contribution in [3.63, 3.8) is 0 Å². The third kappa shape index (κ3) is 4.21. The number of hydrogen-bond acceptors (Lipinski definition) is 6. The van der Waals surface area contributed by atoms with Crippen molar-refractivity contribution < 1.29 is 13.2 Å². The number of sulfonamides is 1. The third-order valence-corrected chi connectivity index (χ3v) is 5.67. The molecule has 1 aliphatic rings. The molecule has 0 saturated carbocycles. The highest BCUT2D eigenvalue weighted by molar-refractivity contribution is 9.10. The largest absolute Gasteiger partial charge is 0.492 e. The van der Waals surface area contributed by atoms with Gasteiger partial charge in [0.05, 0.1) is 24.7 Å². The van der Waals surface area contributed by atoms with E-state index in [1.807, 2.05) is 0 Å². The lowest BCUT2D eigenvalue weighted by atomic mass is 10.3. The molecule has 1 aliphatic heterocycles. The number of benzene rings is 1. The van der Waals surface area contributed by atoms with Gasteiger partial charge in [-0.05, 0) is 38.0 Å². The van der Waals surface area contributed by atoms with Gasteiger partial charge in [-0.2, -0.15) is 0 Å². The quantitative estimate of drug-likeness (QED) is 0.763. The topological polar surface area (TPSA) is 84.4 Å². The smallest absolute Gasteiger partial charge is 0.265 e. The zero-order valence-corrected chi connectivity index (χ0v) is 16.2. The van der Waals surface area contributed by atoms with Crippen LogP contribution in [0.3, 0.4) is 0 Å². The molecular formula is C16H19BrN4O3S. The van der Waals surface area contributed by atoms with Crippen molar-refractivity contribution in [2.24, 2.45) is 0 Å². The third-order valence-electron chi connectivity index (χ3n) is 3.77. The molecule has 3 rings (SSSR count). The Balaban J connectivity index is 1.83. The van der Waals surface area contributed by atoms with Gasteiger partial charge in [0, 0.05) is 17.6 Å². The Morgan fingerprint density at radius 3 is 2.56 bits per heavy atom. The van der Waals surface area contributed by atoms with Crippen LogP contribution in [0.1, 0.15) is 19.8 Å². The zero-order chi connectivity index (χ0) is 17.9. The molecule has 1 saturated heterocycles. The molecule has 0 unspecified atom stereocenters. The van der Waals surface area contributed by atoms with E-state index in [0.29, 0.717) is 28.5 Å². The van der Waals surface area contributed by atoms with Gasteiger partial charge in [-0.3, -0.25) is 4.72 Å². The minimum atomic E-state index is -3.82. The van der Waals surface area contributed by atoms with Crippen molar-refractivity contribution >= 4 is 37.6 Å². The first-order valence-corrected chi connectivity index (χ1v) is 10.3. The fourth-order valence-corrected chi connectivity index (χ4v) is 4.34. The van der Waals surface area contributed by atoms with E-state index in [9.17, 15) is 8.42 Å². The van der Waals surface area contributed by atoms with Crippen LogP contribution in [0.5, 0.6) is 5.75 Å². The molecule has 7 nitrogen and oxygen atoms in total. The van der Waals surface area contributed by atoms with Gasteiger partial charge in [0.2, 0.25) is 5.95 Å². The van der Waals surface area contributed by atoms with E-state index in [-0.39, 0.29) is 4.90 Å². The highest BCUT2D eigenvalue weighted by atomic mass is 79.9. The second-order valence-electron chi connectivity index (χ2n) is 5.60. The molecular weight excluding hydrogens is 408 g/mol. The molecule has 1 aromatic carbocycles. The first kappa shape index (κ1) is 17.9. The van der Waals surface area contributed by atoms with Gasteiger partial charge >= 0.3 is 0 Å². The lowest BCUT2D eigenvalue weighted by Gasteiger charge is -2.15. The molecule has 1 aromatic heterocycles. The monoisotopic (exact) mass is 426 g/mol. The van der Waals surface area contributed by atoms with Crippen LogP contribution in [-0.2, 0) is 10.0 Å². The highest BCUT2D eigenvalue weighted by Crippen LogP contribution is 2.29. The molecule has 1 fully saturated rings. The van der Waals surface area contributed by atoms with Gasteiger partial charge < -0.3 is 9.64 Å². The first-order chi connectivity index (χ1) is 12.0. The summed E-state index contributed by atoms with van der Waals surface area (Å²) < 4.78 is 34.0. The summed E-state index contributed by atoms with van der Waals surface area (Å²) in [7, 11) is -3.82. The van der Waals surface area contributed by atoms with Crippen LogP contribution in [0.2, 0.25) is 0 Å². The van der Waals surface area contributed by atoms with Gasteiger partial charge in [-0.1, -0.05) is 15.9 Å². The summed E-state index contributed by atoms with van der Waals surface area (Å²) in [4.78, 5) is 10.7. The van der Waals surface area contributed by atoms with Crippen LogP contribution >= 0.6 is 15.9 Å². The summed E-state index contributed by atoms with van der Waals surface area (Å²) in [5, 5.41) is 0. The number of ether oxygens (including phenoxy) is 1. The van der Waals surface area contributed by atoms with Crippen LogP contribution in [0.4, 0.5) is 11.6 Å². The minimum Gasteiger partial charge on any atom is -0.492 e. The van der Waals surface area contributed by atoms with E-state index in [0.717, 1.165) is 25.9 Å². The van der Waals surface area contributed by atoms with Gasteiger partial charge in [-0.25, -0.2) is 18.4 Å². The molecule has 0 spiro atoms.